The van der Waals surface area contributed by atoms with Gasteiger partial charge in [-0.05, 0) is 55.7 Å². The molecule has 112 valence electrons. The van der Waals surface area contributed by atoms with Crippen LogP contribution in [0.1, 0.15) is 51.6 Å². The summed E-state index contributed by atoms with van der Waals surface area (Å²) in [6.07, 6.45) is 3.90. The maximum absolute atomic E-state index is 6.36. The minimum absolute atomic E-state index is 0.00833. The van der Waals surface area contributed by atoms with E-state index in [1.165, 1.54) is 24.9 Å². The monoisotopic (exact) mass is 294 g/mol. The molecule has 1 saturated heterocycles. The van der Waals surface area contributed by atoms with Gasteiger partial charge in [-0.3, -0.25) is 0 Å². The molecule has 3 heteroatoms. The van der Waals surface area contributed by atoms with E-state index in [9.17, 15) is 0 Å². The van der Waals surface area contributed by atoms with Crippen LogP contribution in [0.2, 0.25) is 5.02 Å². The number of nitrogens with two attached hydrogens (primary N) is 1. The lowest BCUT2D eigenvalue weighted by Gasteiger charge is -2.24. The molecule has 0 amide bonds. The summed E-state index contributed by atoms with van der Waals surface area (Å²) in [6, 6.07) is 6.31. The molecule has 1 aromatic rings. The van der Waals surface area contributed by atoms with Crippen LogP contribution in [0.5, 0.6) is 0 Å². The first-order valence-electron chi connectivity index (χ1n) is 7.79. The van der Waals surface area contributed by atoms with Crippen LogP contribution < -0.4 is 10.6 Å². The molecule has 0 spiro atoms. The summed E-state index contributed by atoms with van der Waals surface area (Å²) < 4.78 is 0. The first-order valence-corrected chi connectivity index (χ1v) is 8.16. The van der Waals surface area contributed by atoms with Crippen LogP contribution in [0.3, 0.4) is 0 Å². The van der Waals surface area contributed by atoms with Crippen LogP contribution in [0.15, 0.2) is 18.2 Å². The summed E-state index contributed by atoms with van der Waals surface area (Å²) in [7, 11) is 0. The van der Waals surface area contributed by atoms with E-state index in [1.54, 1.807) is 0 Å². The highest BCUT2D eigenvalue weighted by molar-refractivity contribution is 6.31. The zero-order valence-electron chi connectivity index (χ0n) is 12.9. The molecule has 0 aliphatic carbocycles. The van der Waals surface area contributed by atoms with E-state index in [4.69, 9.17) is 17.3 Å². The van der Waals surface area contributed by atoms with Gasteiger partial charge in [0, 0.05) is 29.8 Å². The van der Waals surface area contributed by atoms with E-state index in [0.717, 1.165) is 35.5 Å². The largest absolute Gasteiger partial charge is 0.371 e. The van der Waals surface area contributed by atoms with Crippen LogP contribution >= 0.6 is 11.6 Å². The molecule has 1 aliphatic rings. The van der Waals surface area contributed by atoms with Crippen LogP contribution in [-0.4, -0.2) is 13.1 Å². The van der Waals surface area contributed by atoms with Gasteiger partial charge in [0.25, 0.3) is 0 Å². The highest BCUT2D eigenvalue weighted by Gasteiger charge is 2.20. The van der Waals surface area contributed by atoms with Crippen LogP contribution in [0.4, 0.5) is 5.69 Å². The minimum Gasteiger partial charge on any atom is -0.371 e. The maximum Gasteiger partial charge on any atom is 0.0474 e. The molecule has 1 heterocycles. The van der Waals surface area contributed by atoms with Crippen molar-refractivity contribution in [3.8, 4) is 0 Å². The first kappa shape index (κ1) is 15.7. The van der Waals surface area contributed by atoms with Crippen LogP contribution in [0, 0.1) is 11.8 Å². The summed E-state index contributed by atoms with van der Waals surface area (Å²) in [6.45, 7) is 8.93. The molecule has 2 rings (SSSR count). The first-order chi connectivity index (χ1) is 9.49. The normalized spacial score (nSPS) is 21.9. The molecule has 1 fully saturated rings. The van der Waals surface area contributed by atoms with Crippen molar-refractivity contribution in [3.63, 3.8) is 0 Å². The van der Waals surface area contributed by atoms with E-state index in [-0.39, 0.29) is 6.04 Å². The van der Waals surface area contributed by atoms with E-state index in [0.29, 0.717) is 0 Å². The summed E-state index contributed by atoms with van der Waals surface area (Å²) >= 11 is 6.36. The summed E-state index contributed by atoms with van der Waals surface area (Å²) in [5, 5.41) is 0.794. The van der Waals surface area contributed by atoms with Gasteiger partial charge in [0.2, 0.25) is 0 Å². The molecule has 0 radical (unpaired) electrons. The SMILES string of the molecule is CC(N)c1ccc(N2CCCC(C(C)C)CC2)cc1Cl. The Morgan fingerprint density at radius 1 is 1.20 bits per heavy atom. The molecule has 20 heavy (non-hydrogen) atoms. The summed E-state index contributed by atoms with van der Waals surface area (Å²) in [4.78, 5) is 2.47. The zero-order chi connectivity index (χ0) is 14.7. The van der Waals surface area contributed by atoms with E-state index in [1.807, 2.05) is 6.92 Å². The van der Waals surface area contributed by atoms with Crippen LogP contribution in [-0.2, 0) is 0 Å². The molecule has 1 aliphatic heterocycles. The van der Waals surface area contributed by atoms with Gasteiger partial charge in [-0.1, -0.05) is 31.5 Å². The second kappa shape index (κ2) is 6.82. The van der Waals surface area contributed by atoms with Crippen molar-refractivity contribution in [2.45, 2.75) is 46.1 Å². The van der Waals surface area contributed by atoms with Crippen molar-refractivity contribution < 1.29 is 0 Å². The number of benzene rings is 1. The third kappa shape index (κ3) is 3.67. The predicted octanol–water partition coefficient (Wildman–Crippen LogP) is 4.62. The third-order valence-electron chi connectivity index (χ3n) is 4.56. The van der Waals surface area contributed by atoms with Gasteiger partial charge in [0.1, 0.15) is 0 Å². The lowest BCUT2D eigenvalue weighted by molar-refractivity contribution is 0.351. The number of hydrogen-bond donors (Lipinski definition) is 1. The fraction of sp³-hybridized carbons (Fsp3) is 0.647. The topological polar surface area (TPSA) is 29.3 Å². The Bertz CT molecular complexity index is 443. The average molecular weight is 295 g/mol. The standard InChI is InChI=1S/C17H27ClN2/c1-12(2)14-5-4-9-20(10-8-14)15-6-7-16(13(3)19)17(18)11-15/h6-7,11-14H,4-5,8-10,19H2,1-3H3. The molecular formula is C17H27ClN2. The van der Waals surface area contributed by atoms with E-state index < -0.39 is 0 Å². The van der Waals surface area contributed by atoms with Crippen molar-refractivity contribution in [3.05, 3.63) is 28.8 Å². The fourth-order valence-electron chi connectivity index (χ4n) is 3.13. The maximum atomic E-state index is 6.36. The van der Waals surface area contributed by atoms with Crippen molar-refractivity contribution in [2.24, 2.45) is 17.6 Å². The van der Waals surface area contributed by atoms with Crippen molar-refractivity contribution in [1.82, 2.24) is 0 Å². The van der Waals surface area contributed by atoms with Gasteiger partial charge >= 0.3 is 0 Å². The molecule has 1 aromatic carbocycles. The summed E-state index contributed by atoms with van der Waals surface area (Å²) in [5.41, 5.74) is 8.19. The number of nitrogens with zero attached hydrogens (tertiary/aromatic N) is 1. The van der Waals surface area contributed by atoms with Gasteiger partial charge in [0.15, 0.2) is 0 Å². The van der Waals surface area contributed by atoms with Gasteiger partial charge in [-0.2, -0.15) is 0 Å². The van der Waals surface area contributed by atoms with Crippen molar-refractivity contribution in [2.75, 3.05) is 18.0 Å². The molecule has 2 atom stereocenters. The molecule has 0 bridgehead atoms. The Kier molecular flexibility index (Phi) is 5.34. The lowest BCUT2D eigenvalue weighted by atomic mass is 9.89. The molecule has 0 saturated carbocycles. The molecule has 2 unspecified atom stereocenters. The Morgan fingerprint density at radius 2 is 1.95 bits per heavy atom. The minimum atomic E-state index is -0.00833. The Labute approximate surface area is 128 Å². The number of halogens is 1. The summed E-state index contributed by atoms with van der Waals surface area (Å²) in [5.74, 6) is 1.65. The van der Waals surface area contributed by atoms with Crippen LogP contribution in [0.25, 0.3) is 0 Å². The predicted molar refractivity (Wildman–Crippen MR) is 88.4 cm³/mol. The van der Waals surface area contributed by atoms with Gasteiger partial charge in [0.05, 0.1) is 0 Å². The lowest BCUT2D eigenvalue weighted by Crippen LogP contribution is -2.24. The van der Waals surface area contributed by atoms with Gasteiger partial charge in [-0.25, -0.2) is 0 Å². The number of anilines is 1. The number of rotatable bonds is 3. The third-order valence-corrected chi connectivity index (χ3v) is 4.88. The Hall–Kier alpha value is -0.730. The Balaban J connectivity index is 2.10. The fourth-order valence-corrected chi connectivity index (χ4v) is 3.48. The van der Waals surface area contributed by atoms with Crippen molar-refractivity contribution >= 4 is 17.3 Å². The molecule has 2 N–H and O–H groups in total. The highest BCUT2D eigenvalue weighted by Crippen LogP contribution is 2.30. The second-order valence-electron chi connectivity index (χ2n) is 6.42. The van der Waals surface area contributed by atoms with Gasteiger partial charge < -0.3 is 10.6 Å². The van der Waals surface area contributed by atoms with E-state index >= 15 is 0 Å². The number of hydrogen-bond acceptors (Lipinski definition) is 2. The molecule has 0 aromatic heterocycles. The van der Waals surface area contributed by atoms with Crippen molar-refractivity contribution in [1.29, 1.82) is 0 Å². The average Bonchev–Trinajstić information content (AvgIpc) is 2.63. The smallest absolute Gasteiger partial charge is 0.0474 e. The molecular weight excluding hydrogens is 268 g/mol. The van der Waals surface area contributed by atoms with Gasteiger partial charge in [-0.15, -0.1) is 0 Å². The zero-order valence-corrected chi connectivity index (χ0v) is 13.7. The quantitative estimate of drug-likeness (QED) is 0.881. The molecule has 2 nitrogen and oxygen atoms in total. The highest BCUT2D eigenvalue weighted by atomic mass is 35.5. The Morgan fingerprint density at radius 3 is 2.55 bits per heavy atom. The van der Waals surface area contributed by atoms with E-state index in [2.05, 4.69) is 36.9 Å². The second-order valence-corrected chi connectivity index (χ2v) is 6.82.